The highest BCUT2D eigenvalue weighted by molar-refractivity contribution is 6.19. The molecule has 0 atom stereocenters. The minimum absolute atomic E-state index is 0.510. The van der Waals surface area contributed by atoms with Gasteiger partial charge in [0.05, 0.1) is 5.69 Å². The van der Waals surface area contributed by atoms with Crippen molar-refractivity contribution in [1.82, 2.24) is 0 Å². The molecule has 0 aliphatic heterocycles. The summed E-state index contributed by atoms with van der Waals surface area (Å²) in [4.78, 5) is 2.39. The topological polar surface area (TPSA) is 3.24 Å². The molecule has 0 aliphatic rings. The molecule has 6 aromatic rings. The molecule has 35 heavy (non-hydrogen) atoms. The van der Waals surface area contributed by atoms with Gasteiger partial charge in [0.1, 0.15) is 0 Å². The second-order valence-corrected chi connectivity index (χ2v) is 9.74. The molecule has 170 valence electrons. The van der Waals surface area contributed by atoms with E-state index in [0.717, 1.165) is 0 Å². The van der Waals surface area contributed by atoms with Crippen LogP contribution in [0.5, 0.6) is 0 Å². The van der Waals surface area contributed by atoms with Crippen LogP contribution in [0.25, 0.3) is 32.3 Å². The Kier molecular flexibility index (Phi) is 5.26. The van der Waals surface area contributed by atoms with Crippen LogP contribution in [0.2, 0.25) is 0 Å². The Labute approximate surface area is 207 Å². The SMILES string of the molecule is Cc1ccc(N(c2ccc(C(C)C)cc2)c2cccc3c2ccc2c4ccccc4ccc32)cc1. The van der Waals surface area contributed by atoms with Crippen LogP contribution in [0.3, 0.4) is 0 Å². The van der Waals surface area contributed by atoms with Gasteiger partial charge in [-0.05, 0) is 75.7 Å². The lowest BCUT2D eigenvalue weighted by atomic mass is 9.96. The van der Waals surface area contributed by atoms with Crippen molar-refractivity contribution < 1.29 is 0 Å². The van der Waals surface area contributed by atoms with Gasteiger partial charge in [-0.1, -0.05) is 104 Å². The number of hydrogen-bond acceptors (Lipinski definition) is 1. The number of hydrogen-bond donors (Lipinski definition) is 0. The average molecular weight is 452 g/mol. The molecular weight excluding hydrogens is 422 g/mol. The first-order chi connectivity index (χ1) is 17.1. The van der Waals surface area contributed by atoms with Crippen molar-refractivity contribution in [2.45, 2.75) is 26.7 Å². The third-order valence-electron chi connectivity index (χ3n) is 7.11. The monoisotopic (exact) mass is 451 g/mol. The summed E-state index contributed by atoms with van der Waals surface area (Å²) in [5.74, 6) is 0.510. The molecule has 0 N–H and O–H groups in total. The van der Waals surface area contributed by atoms with Crippen LogP contribution >= 0.6 is 0 Å². The standard InChI is InChI=1S/C34H29N/c1-23(2)25-13-18-28(19-14-25)35(27-16-11-24(3)12-17-27)34-10-6-9-30-32-20-15-26-7-4-5-8-29(26)31(32)21-22-33(30)34/h4-23H,1-3H3. The molecule has 6 rings (SSSR count). The highest BCUT2D eigenvalue weighted by Crippen LogP contribution is 2.41. The summed E-state index contributed by atoms with van der Waals surface area (Å²) in [6.07, 6.45) is 0. The first kappa shape index (κ1) is 21.4. The zero-order valence-corrected chi connectivity index (χ0v) is 20.5. The molecule has 0 saturated carbocycles. The summed E-state index contributed by atoms with van der Waals surface area (Å²) in [6.45, 7) is 6.62. The van der Waals surface area contributed by atoms with E-state index in [1.807, 2.05) is 0 Å². The first-order valence-corrected chi connectivity index (χ1v) is 12.4. The van der Waals surface area contributed by atoms with Crippen LogP contribution in [-0.4, -0.2) is 0 Å². The predicted octanol–water partition coefficient (Wildman–Crippen LogP) is 10.0. The zero-order chi connectivity index (χ0) is 23.9. The second kappa shape index (κ2) is 8.60. The maximum atomic E-state index is 2.39. The van der Waals surface area contributed by atoms with Gasteiger partial charge >= 0.3 is 0 Å². The van der Waals surface area contributed by atoms with E-state index in [-0.39, 0.29) is 0 Å². The Bertz CT molecular complexity index is 1660. The fourth-order valence-electron chi connectivity index (χ4n) is 5.16. The van der Waals surface area contributed by atoms with E-state index in [1.54, 1.807) is 0 Å². The minimum Gasteiger partial charge on any atom is -0.310 e. The van der Waals surface area contributed by atoms with E-state index in [2.05, 4.69) is 141 Å². The maximum Gasteiger partial charge on any atom is 0.0540 e. The molecule has 1 heteroatoms. The number of anilines is 3. The Hall–Kier alpha value is -4.10. The van der Waals surface area contributed by atoms with E-state index in [1.165, 1.54) is 60.5 Å². The molecule has 0 heterocycles. The van der Waals surface area contributed by atoms with Gasteiger partial charge in [-0.3, -0.25) is 0 Å². The van der Waals surface area contributed by atoms with Crippen LogP contribution in [0, 0.1) is 6.92 Å². The molecule has 0 unspecified atom stereocenters. The van der Waals surface area contributed by atoms with Crippen molar-refractivity contribution in [1.29, 1.82) is 0 Å². The molecule has 0 amide bonds. The lowest BCUT2D eigenvalue weighted by Crippen LogP contribution is -2.10. The van der Waals surface area contributed by atoms with Gasteiger partial charge in [0.15, 0.2) is 0 Å². The Morgan fingerprint density at radius 1 is 0.486 bits per heavy atom. The van der Waals surface area contributed by atoms with Crippen LogP contribution in [0.15, 0.2) is 115 Å². The molecule has 0 bridgehead atoms. The van der Waals surface area contributed by atoms with E-state index >= 15 is 0 Å². The number of rotatable bonds is 4. The smallest absolute Gasteiger partial charge is 0.0540 e. The highest BCUT2D eigenvalue weighted by atomic mass is 15.1. The number of benzene rings is 6. The fourth-order valence-corrected chi connectivity index (χ4v) is 5.16. The quantitative estimate of drug-likeness (QED) is 0.241. The van der Waals surface area contributed by atoms with E-state index < -0.39 is 0 Å². The molecule has 0 radical (unpaired) electrons. The third-order valence-corrected chi connectivity index (χ3v) is 7.11. The summed E-state index contributed by atoms with van der Waals surface area (Å²) in [5, 5.41) is 7.71. The van der Waals surface area contributed by atoms with Crippen molar-refractivity contribution in [3.8, 4) is 0 Å². The largest absolute Gasteiger partial charge is 0.310 e. The van der Waals surface area contributed by atoms with Crippen molar-refractivity contribution in [2.24, 2.45) is 0 Å². The molecular formula is C34H29N. The summed E-state index contributed by atoms with van der Waals surface area (Å²) >= 11 is 0. The molecule has 0 saturated heterocycles. The van der Waals surface area contributed by atoms with Crippen molar-refractivity contribution in [3.63, 3.8) is 0 Å². The van der Waals surface area contributed by atoms with Crippen molar-refractivity contribution in [2.75, 3.05) is 4.90 Å². The lowest BCUT2D eigenvalue weighted by Gasteiger charge is -2.27. The van der Waals surface area contributed by atoms with Gasteiger partial charge < -0.3 is 4.90 Å². The van der Waals surface area contributed by atoms with Crippen LogP contribution in [0.4, 0.5) is 17.1 Å². The zero-order valence-electron chi connectivity index (χ0n) is 20.5. The minimum atomic E-state index is 0.510. The summed E-state index contributed by atoms with van der Waals surface area (Å²) < 4.78 is 0. The first-order valence-electron chi connectivity index (χ1n) is 12.4. The fraction of sp³-hybridized carbons (Fsp3) is 0.118. The second-order valence-electron chi connectivity index (χ2n) is 9.74. The summed E-state index contributed by atoms with van der Waals surface area (Å²) in [7, 11) is 0. The van der Waals surface area contributed by atoms with Gasteiger partial charge in [0.25, 0.3) is 0 Å². The molecule has 0 fully saturated rings. The molecule has 0 aromatic heterocycles. The van der Waals surface area contributed by atoms with Gasteiger partial charge in [0, 0.05) is 16.8 Å². The number of aryl methyl sites for hydroxylation is 1. The molecule has 6 aromatic carbocycles. The average Bonchev–Trinajstić information content (AvgIpc) is 2.90. The molecule has 1 nitrogen and oxygen atoms in total. The predicted molar refractivity (Wildman–Crippen MR) is 152 cm³/mol. The van der Waals surface area contributed by atoms with Crippen LogP contribution in [-0.2, 0) is 0 Å². The molecule has 0 spiro atoms. The van der Waals surface area contributed by atoms with Crippen LogP contribution in [0.1, 0.15) is 30.9 Å². The number of nitrogens with zero attached hydrogens (tertiary/aromatic N) is 1. The molecule has 0 aliphatic carbocycles. The number of fused-ring (bicyclic) bond motifs is 5. The highest BCUT2D eigenvalue weighted by Gasteiger charge is 2.17. The van der Waals surface area contributed by atoms with Gasteiger partial charge in [-0.2, -0.15) is 0 Å². The lowest BCUT2D eigenvalue weighted by molar-refractivity contribution is 0.866. The van der Waals surface area contributed by atoms with Gasteiger partial charge in [-0.15, -0.1) is 0 Å². The van der Waals surface area contributed by atoms with Crippen LogP contribution < -0.4 is 4.90 Å². The van der Waals surface area contributed by atoms with E-state index in [0.29, 0.717) is 5.92 Å². The van der Waals surface area contributed by atoms with Crippen molar-refractivity contribution in [3.05, 3.63) is 126 Å². The van der Waals surface area contributed by atoms with E-state index in [4.69, 9.17) is 0 Å². The Morgan fingerprint density at radius 2 is 1.06 bits per heavy atom. The van der Waals surface area contributed by atoms with Crippen molar-refractivity contribution >= 4 is 49.4 Å². The summed E-state index contributed by atoms with van der Waals surface area (Å²) in [6, 6.07) is 42.3. The van der Waals surface area contributed by atoms with Gasteiger partial charge in [-0.25, -0.2) is 0 Å². The maximum absolute atomic E-state index is 2.39. The van der Waals surface area contributed by atoms with E-state index in [9.17, 15) is 0 Å². The normalized spacial score (nSPS) is 11.5. The summed E-state index contributed by atoms with van der Waals surface area (Å²) in [5.41, 5.74) is 6.15. The van der Waals surface area contributed by atoms with Gasteiger partial charge in [0.2, 0.25) is 0 Å². The third kappa shape index (κ3) is 3.74. The Balaban J connectivity index is 1.61. The Morgan fingerprint density at radius 3 is 1.80 bits per heavy atom.